The maximum absolute atomic E-state index is 12.2. The Kier molecular flexibility index (Phi) is 4.72. The highest BCUT2D eigenvalue weighted by atomic mass is 16.5. The first kappa shape index (κ1) is 18.5. The number of ether oxygens (including phenoxy) is 1. The maximum Gasteiger partial charge on any atom is 0.315 e. The molecular formula is C19H30O3. The molecular weight excluding hydrogens is 276 g/mol. The van der Waals surface area contributed by atoms with E-state index in [9.17, 15) is 9.90 Å². The minimum absolute atomic E-state index is 0.0748. The SMILES string of the molecule is COC(=O)C(C)(C)c1cc(C(C)(C)C)cc(C(C)(C)C)c1O. The summed E-state index contributed by atoms with van der Waals surface area (Å²) in [4.78, 5) is 12.2. The van der Waals surface area contributed by atoms with Crippen molar-refractivity contribution in [2.24, 2.45) is 0 Å². The number of esters is 1. The molecule has 0 aromatic heterocycles. The molecule has 1 aromatic carbocycles. The summed E-state index contributed by atoms with van der Waals surface area (Å²) in [7, 11) is 1.37. The Labute approximate surface area is 134 Å². The standard InChI is InChI=1S/C19H30O3/c1-17(2,3)12-10-13(18(4,5)6)15(20)14(11-12)19(7,8)16(21)22-9/h10-11,20H,1-9H3. The van der Waals surface area contributed by atoms with E-state index in [-0.39, 0.29) is 22.5 Å². The summed E-state index contributed by atoms with van der Waals surface area (Å²) in [5.74, 6) is -0.162. The lowest BCUT2D eigenvalue weighted by molar-refractivity contribution is -0.146. The largest absolute Gasteiger partial charge is 0.507 e. The van der Waals surface area contributed by atoms with Gasteiger partial charge in [0, 0.05) is 5.56 Å². The molecule has 0 aliphatic heterocycles. The van der Waals surface area contributed by atoms with Crippen LogP contribution < -0.4 is 0 Å². The van der Waals surface area contributed by atoms with Crippen LogP contribution in [-0.2, 0) is 25.8 Å². The Hall–Kier alpha value is -1.51. The molecule has 3 heteroatoms. The molecule has 124 valence electrons. The van der Waals surface area contributed by atoms with E-state index in [0.717, 1.165) is 11.1 Å². The van der Waals surface area contributed by atoms with Gasteiger partial charge in [-0.1, -0.05) is 53.7 Å². The third kappa shape index (κ3) is 3.45. The van der Waals surface area contributed by atoms with Crippen molar-refractivity contribution in [2.45, 2.75) is 71.6 Å². The van der Waals surface area contributed by atoms with E-state index in [0.29, 0.717) is 5.56 Å². The molecule has 0 radical (unpaired) electrons. The van der Waals surface area contributed by atoms with Crippen molar-refractivity contribution in [3.05, 3.63) is 28.8 Å². The van der Waals surface area contributed by atoms with Gasteiger partial charge in [0.1, 0.15) is 5.75 Å². The van der Waals surface area contributed by atoms with E-state index in [1.165, 1.54) is 7.11 Å². The van der Waals surface area contributed by atoms with Gasteiger partial charge >= 0.3 is 5.97 Å². The fraction of sp³-hybridized carbons (Fsp3) is 0.632. The number of rotatable bonds is 2. The summed E-state index contributed by atoms with van der Waals surface area (Å²) >= 11 is 0. The summed E-state index contributed by atoms with van der Waals surface area (Å²) in [6.07, 6.45) is 0. The van der Waals surface area contributed by atoms with Crippen LogP contribution in [0, 0.1) is 0 Å². The summed E-state index contributed by atoms with van der Waals surface area (Å²) in [5, 5.41) is 10.8. The van der Waals surface area contributed by atoms with Crippen LogP contribution in [0.25, 0.3) is 0 Å². The number of hydrogen-bond donors (Lipinski definition) is 1. The number of hydrogen-bond acceptors (Lipinski definition) is 3. The molecule has 0 atom stereocenters. The van der Waals surface area contributed by atoms with Crippen LogP contribution >= 0.6 is 0 Å². The summed E-state index contributed by atoms with van der Waals surface area (Å²) in [6, 6.07) is 3.98. The highest BCUT2D eigenvalue weighted by Gasteiger charge is 2.37. The van der Waals surface area contributed by atoms with E-state index in [2.05, 4.69) is 41.5 Å². The van der Waals surface area contributed by atoms with E-state index >= 15 is 0 Å². The number of phenolic OH excluding ortho intramolecular Hbond substituents is 1. The maximum atomic E-state index is 12.2. The van der Waals surface area contributed by atoms with E-state index in [4.69, 9.17) is 4.74 Å². The van der Waals surface area contributed by atoms with E-state index < -0.39 is 5.41 Å². The number of carbonyl (C=O) groups is 1. The van der Waals surface area contributed by atoms with E-state index in [1.54, 1.807) is 13.8 Å². The van der Waals surface area contributed by atoms with Gasteiger partial charge in [0.05, 0.1) is 12.5 Å². The van der Waals surface area contributed by atoms with Crippen LogP contribution in [0.2, 0.25) is 0 Å². The normalized spacial score (nSPS) is 13.1. The molecule has 0 saturated carbocycles. The number of aromatic hydroxyl groups is 1. The summed E-state index contributed by atoms with van der Waals surface area (Å²) < 4.78 is 4.93. The van der Waals surface area contributed by atoms with Crippen molar-refractivity contribution in [3.8, 4) is 5.75 Å². The van der Waals surface area contributed by atoms with Crippen LogP contribution in [-0.4, -0.2) is 18.2 Å². The molecule has 0 amide bonds. The molecule has 22 heavy (non-hydrogen) atoms. The molecule has 0 fully saturated rings. The predicted octanol–water partition coefficient (Wildman–Crippen LogP) is 4.44. The third-order valence-corrected chi connectivity index (χ3v) is 4.15. The lowest BCUT2D eigenvalue weighted by Crippen LogP contribution is -2.31. The fourth-order valence-corrected chi connectivity index (χ4v) is 2.48. The number of carbonyl (C=O) groups excluding carboxylic acids is 1. The Bertz CT molecular complexity index is 570. The fourth-order valence-electron chi connectivity index (χ4n) is 2.48. The minimum atomic E-state index is -0.903. The molecule has 3 nitrogen and oxygen atoms in total. The zero-order valence-electron chi connectivity index (χ0n) is 15.4. The highest BCUT2D eigenvalue weighted by molar-refractivity contribution is 5.83. The van der Waals surface area contributed by atoms with Crippen molar-refractivity contribution in [1.29, 1.82) is 0 Å². The second-order valence-electron chi connectivity index (χ2n) is 8.54. The Morgan fingerprint density at radius 1 is 0.909 bits per heavy atom. The van der Waals surface area contributed by atoms with Crippen molar-refractivity contribution in [1.82, 2.24) is 0 Å². The molecule has 0 aliphatic carbocycles. The average Bonchev–Trinajstić information content (AvgIpc) is 2.34. The Morgan fingerprint density at radius 3 is 1.73 bits per heavy atom. The number of phenols is 1. The van der Waals surface area contributed by atoms with Crippen LogP contribution in [0.3, 0.4) is 0 Å². The van der Waals surface area contributed by atoms with E-state index in [1.807, 2.05) is 12.1 Å². The molecule has 0 aliphatic rings. The zero-order chi connectivity index (χ0) is 17.5. The van der Waals surface area contributed by atoms with Gasteiger partial charge in [-0.25, -0.2) is 0 Å². The van der Waals surface area contributed by atoms with Gasteiger partial charge in [-0.3, -0.25) is 4.79 Å². The lowest BCUT2D eigenvalue weighted by atomic mass is 9.74. The first-order chi connectivity index (χ1) is 9.72. The molecule has 1 aromatic rings. The van der Waals surface area contributed by atoms with Gasteiger partial charge in [-0.15, -0.1) is 0 Å². The van der Waals surface area contributed by atoms with Crippen molar-refractivity contribution >= 4 is 5.97 Å². The molecule has 0 bridgehead atoms. The first-order valence-electron chi connectivity index (χ1n) is 7.69. The van der Waals surface area contributed by atoms with Crippen LogP contribution in [0.4, 0.5) is 0 Å². The van der Waals surface area contributed by atoms with Crippen LogP contribution in [0.5, 0.6) is 5.75 Å². The van der Waals surface area contributed by atoms with Gasteiger partial charge < -0.3 is 9.84 Å². The molecule has 1 rings (SSSR count). The number of benzene rings is 1. The van der Waals surface area contributed by atoms with Gasteiger partial charge in [0.25, 0.3) is 0 Å². The number of methoxy groups -OCH3 is 1. The quantitative estimate of drug-likeness (QED) is 0.822. The van der Waals surface area contributed by atoms with Gasteiger partial charge in [-0.2, -0.15) is 0 Å². The van der Waals surface area contributed by atoms with Crippen LogP contribution in [0.15, 0.2) is 12.1 Å². The molecule has 0 unspecified atom stereocenters. The summed E-state index contributed by atoms with van der Waals surface area (Å²) in [5.41, 5.74) is 1.38. The molecule has 0 saturated heterocycles. The second-order valence-corrected chi connectivity index (χ2v) is 8.54. The van der Waals surface area contributed by atoms with Gasteiger partial charge in [-0.05, 0) is 35.8 Å². The lowest BCUT2D eigenvalue weighted by Gasteiger charge is -2.31. The Morgan fingerprint density at radius 2 is 1.36 bits per heavy atom. The first-order valence-corrected chi connectivity index (χ1v) is 7.69. The third-order valence-electron chi connectivity index (χ3n) is 4.15. The second kappa shape index (κ2) is 5.60. The van der Waals surface area contributed by atoms with Crippen molar-refractivity contribution in [2.75, 3.05) is 7.11 Å². The van der Waals surface area contributed by atoms with Gasteiger partial charge in [0.2, 0.25) is 0 Å². The van der Waals surface area contributed by atoms with Gasteiger partial charge in [0.15, 0.2) is 0 Å². The molecule has 0 spiro atoms. The smallest absolute Gasteiger partial charge is 0.315 e. The zero-order valence-corrected chi connectivity index (χ0v) is 15.4. The molecule has 1 N–H and O–H groups in total. The monoisotopic (exact) mass is 306 g/mol. The molecule has 0 heterocycles. The summed E-state index contributed by atoms with van der Waals surface area (Å²) in [6.45, 7) is 16.1. The topological polar surface area (TPSA) is 46.5 Å². The minimum Gasteiger partial charge on any atom is -0.507 e. The van der Waals surface area contributed by atoms with Crippen molar-refractivity contribution < 1.29 is 14.6 Å². The van der Waals surface area contributed by atoms with Crippen LogP contribution in [0.1, 0.15) is 72.1 Å². The van der Waals surface area contributed by atoms with Crippen molar-refractivity contribution in [3.63, 3.8) is 0 Å². The average molecular weight is 306 g/mol. The highest BCUT2D eigenvalue weighted by Crippen LogP contribution is 2.42. The predicted molar refractivity (Wildman–Crippen MR) is 90.5 cm³/mol. The Balaban J connectivity index is 3.75.